The fraction of sp³-hybridized carbons (Fsp3) is 0.379. The lowest BCUT2D eigenvalue weighted by molar-refractivity contribution is -0.119. The summed E-state index contributed by atoms with van der Waals surface area (Å²) >= 11 is 0. The monoisotopic (exact) mass is 578 g/mol. The predicted octanol–water partition coefficient (Wildman–Crippen LogP) is 4.84. The van der Waals surface area contributed by atoms with Crippen LogP contribution in [0.15, 0.2) is 36.9 Å². The number of aryl methyl sites for hydroxylation is 1. The number of alkyl halides is 2. The van der Waals surface area contributed by atoms with Gasteiger partial charge >= 0.3 is 0 Å². The number of imidazole rings is 1. The minimum atomic E-state index is -3.15. The molecule has 1 aromatic carbocycles. The number of benzene rings is 1. The lowest BCUT2D eigenvalue weighted by Crippen LogP contribution is -2.50. The standard InChI is InChI=1S/C29H29F3N8O2/c1-15-28(41)39(4)20-11-33-24(22-23(17-7-8-17)34-14-35-27(22)42-5)37-26(20)40(15)12-16-6-9-18(19(30)10-16)25-36-21(13-38(25)3)29(2,31)32/h6,9-11,13-15,17H,7-8,12H2,1-5H3. The molecule has 10 nitrogen and oxygen atoms in total. The van der Waals surface area contributed by atoms with Gasteiger partial charge in [-0.2, -0.15) is 8.78 Å². The molecule has 0 spiro atoms. The molecule has 1 aliphatic carbocycles. The molecule has 3 aromatic heterocycles. The molecule has 4 aromatic rings. The van der Waals surface area contributed by atoms with Crippen LogP contribution in [0.5, 0.6) is 5.88 Å². The van der Waals surface area contributed by atoms with Gasteiger partial charge in [0.25, 0.3) is 5.92 Å². The zero-order chi connectivity index (χ0) is 29.9. The van der Waals surface area contributed by atoms with Crippen LogP contribution >= 0.6 is 0 Å². The van der Waals surface area contributed by atoms with E-state index in [1.165, 1.54) is 48.3 Å². The van der Waals surface area contributed by atoms with Gasteiger partial charge in [0.2, 0.25) is 11.8 Å². The minimum absolute atomic E-state index is 0.0898. The van der Waals surface area contributed by atoms with Crippen molar-refractivity contribution >= 4 is 17.4 Å². The number of ether oxygens (including phenoxy) is 1. The van der Waals surface area contributed by atoms with Crippen molar-refractivity contribution in [2.24, 2.45) is 7.05 Å². The second-order valence-corrected chi connectivity index (χ2v) is 10.8. The molecule has 218 valence electrons. The van der Waals surface area contributed by atoms with E-state index in [-0.39, 0.29) is 29.8 Å². The summed E-state index contributed by atoms with van der Waals surface area (Å²) in [7, 11) is 4.73. The third kappa shape index (κ3) is 4.72. The SMILES string of the molecule is COc1ncnc(C2CC2)c1-c1ncc2c(n1)N(Cc1ccc(-c3nc(C(C)(F)F)cn3C)c(F)c1)C(C)C(=O)N2C. The van der Waals surface area contributed by atoms with Crippen LogP contribution in [0.3, 0.4) is 0 Å². The maximum atomic E-state index is 15.4. The average molecular weight is 579 g/mol. The molecule has 4 heterocycles. The number of rotatable bonds is 7. The van der Waals surface area contributed by atoms with Gasteiger partial charge in [0.1, 0.15) is 41.0 Å². The molecular weight excluding hydrogens is 549 g/mol. The Kier molecular flexibility index (Phi) is 6.62. The van der Waals surface area contributed by atoms with E-state index in [2.05, 4.69) is 19.9 Å². The van der Waals surface area contributed by atoms with Crippen LogP contribution in [0.1, 0.15) is 49.6 Å². The zero-order valence-electron chi connectivity index (χ0n) is 23.8. The number of methoxy groups -OCH3 is 1. The molecule has 13 heteroatoms. The summed E-state index contributed by atoms with van der Waals surface area (Å²) in [5, 5.41) is 0. The second kappa shape index (κ2) is 10.1. The van der Waals surface area contributed by atoms with Crippen molar-refractivity contribution in [1.82, 2.24) is 29.5 Å². The highest BCUT2D eigenvalue weighted by Crippen LogP contribution is 2.46. The lowest BCUT2D eigenvalue weighted by Gasteiger charge is -2.39. The fourth-order valence-electron chi connectivity index (χ4n) is 5.24. The quantitative estimate of drug-likeness (QED) is 0.307. The molecule has 1 amide bonds. The Balaban J connectivity index is 1.38. The van der Waals surface area contributed by atoms with Gasteiger partial charge in [-0.15, -0.1) is 0 Å². The molecule has 1 saturated carbocycles. The highest BCUT2D eigenvalue weighted by molar-refractivity contribution is 6.04. The molecule has 42 heavy (non-hydrogen) atoms. The first kappa shape index (κ1) is 27.6. The smallest absolute Gasteiger partial charge is 0.288 e. The van der Waals surface area contributed by atoms with Crippen molar-refractivity contribution in [2.45, 2.75) is 51.1 Å². The third-order valence-electron chi connectivity index (χ3n) is 7.72. The van der Waals surface area contributed by atoms with Gasteiger partial charge in [0.15, 0.2) is 11.6 Å². The number of hydrogen-bond donors (Lipinski definition) is 0. The Bertz CT molecular complexity index is 1700. The highest BCUT2D eigenvalue weighted by atomic mass is 19.3. The number of hydrogen-bond acceptors (Lipinski definition) is 8. The first-order chi connectivity index (χ1) is 20.0. The predicted molar refractivity (Wildman–Crippen MR) is 149 cm³/mol. The van der Waals surface area contributed by atoms with Gasteiger partial charge in [0, 0.05) is 39.7 Å². The molecular formula is C29H29F3N8O2. The van der Waals surface area contributed by atoms with Crippen molar-refractivity contribution in [2.75, 3.05) is 24.0 Å². The summed E-state index contributed by atoms with van der Waals surface area (Å²) in [4.78, 5) is 38.6. The molecule has 0 bridgehead atoms. The van der Waals surface area contributed by atoms with E-state index < -0.39 is 23.5 Å². The van der Waals surface area contributed by atoms with E-state index in [0.717, 1.165) is 25.5 Å². The van der Waals surface area contributed by atoms with Crippen LogP contribution in [0.2, 0.25) is 0 Å². The normalized spacial score (nSPS) is 17.0. The van der Waals surface area contributed by atoms with E-state index in [9.17, 15) is 13.6 Å². The summed E-state index contributed by atoms with van der Waals surface area (Å²) in [6.07, 6.45) is 6.24. The van der Waals surface area contributed by atoms with Crippen LogP contribution in [-0.2, 0) is 24.3 Å². The number of nitrogens with zero attached hydrogens (tertiary/aromatic N) is 8. The molecule has 1 atom stereocenters. The maximum absolute atomic E-state index is 15.4. The summed E-state index contributed by atoms with van der Waals surface area (Å²) in [6.45, 7) is 2.66. The summed E-state index contributed by atoms with van der Waals surface area (Å²) < 4.78 is 50.0. The average Bonchev–Trinajstić information content (AvgIpc) is 3.74. The van der Waals surface area contributed by atoms with E-state index in [1.807, 2.05) is 0 Å². The van der Waals surface area contributed by atoms with Gasteiger partial charge in [-0.25, -0.2) is 29.3 Å². The van der Waals surface area contributed by atoms with E-state index in [0.29, 0.717) is 34.3 Å². The minimum Gasteiger partial charge on any atom is -0.480 e. The molecule has 6 rings (SSSR count). The number of anilines is 2. The Hall–Kier alpha value is -4.55. The third-order valence-corrected chi connectivity index (χ3v) is 7.72. The molecule has 0 N–H and O–H groups in total. The number of carbonyl (C=O) groups excluding carboxylic acids is 1. The summed E-state index contributed by atoms with van der Waals surface area (Å²) in [5.74, 6) is -2.36. The Morgan fingerprint density at radius 1 is 1.12 bits per heavy atom. The van der Waals surface area contributed by atoms with E-state index >= 15 is 4.39 Å². The summed E-state index contributed by atoms with van der Waals surface area (Å²) in [6, 6.07) is 3.90. The van der Waals surface area contributed by atoms with Crippen LogP contribution < -0.4 is 14.5 Å². The fourth-order valence-corrected chi connectivity index (χ4v) is 5.24. The highest BCUT2D eigenvalue weighted by Gasteiger charge is 2.37. The number of carbonyl (C=O) groups is 1. The Morgan fingerprint density at radius 3 is 2.52 bits per heavy atom. The number of amides is 1. The van der Waals surface area contributed by atoms with Crippen molar-refractivity contribution in [1.29, 1.82) is 0 Å². The maximum Gasteiger partial charge on any atom is 0.288 e. The van der Waals surface area contributed by atoms with Gasteiger partial charge < -0.3 is 19.1 Å². The van der Waals surface area contributed by atoms with Crippen LogP contribution in [0.4, 0.5) is 24.7 Å². The second-order valence-electron chi connectivity index (χ2n) is 10.8. The molecule has 0 saturated heterocycles. The van der Waals surface area contributed by atoms with E-state index in [1.54, 1.807) is 31.1 Å². The lowest BCUT2D eigenvalue weighted by atomic mass is 10.1. The first-order valence-corrected chi connectivity index (χ1v) is 13.5. The number of fused-ring (bicyclic) bond motifs is 1. The van der Waals surface area contributed by atoms with Gasteiger partial charge in [0.05, 0.1) is 24.6 Å². The zero-order valence-corrected chi connectivity index (χ0v) is 23.8. The largest absolute Gasteiger partial charge is 0.480 e. The molecule has 1 unspecified atom stereocenters. The molecule has 1 fully saturated rings. The number of aromatic nitrogens is 6. The van der Waals surface area contributed by atoms with Crippen molar-refractivity contribution < 1.29 is 22.7 Å². The van der Waals surface area contributed by atoms with E-state index in [4.69, 9.17) is 9.72 Å². The number of halogens is 3. The van der Waals surface area contributed by atoms with Gasteiger partial charge in [-0.3, -0.25) is 4.79 Å². The molecule has 2 aliphatic rings. The van der Waals surface area contributed by atoms with Crippen molar-refractivity contribution in [3.63, 3.8) is 0 Å². The van der Waals surface area contributed by atoms with Crippen LogP contribution in [0, 0.1) is 5.82 Å². The van der Waals surface area contributed by atoms with Crippen LogP contribution in [-0.4, -0.2) is 55.6 Å². The Labute approximate surface area is 240 Å². The molecule has 0 radical (unpaired) electrons. The van der Waals surface area contributed by atoms with Crippen molar-refractivity contribution in [3.8, 4) is 28.7 Å². The topological polar surface area (TPSA) is 102 Å². The molecule has 1 aliphatic heterocycles. The Morgan fingerprint density at radius 2 is 1.88 bits per heavy atom. The number of likely N-dealkylation sites (N-methyl/N-ethyl adjacent to an activating group) is 1. The first-order valence-electron chi connectivity index (χ1n) is 13.5. The summed E-state index contributed by atoms with van der Waals surface area (Å²) in [5.41, 5.74) is 2.14. The van der Waals surface area contributed by atoms with Crippen LogP contribution in [0.25, 0.3) is 22.8 Å². The van der Waals surface area contributed by atoms with Gasteiger partial charge in [-0.05, 0) is 37.5 Å². The van der Waals surface area contributed by atoms with Crippen molar-refractivity contribution in [3.05, 3.63) is 59.7 Å². The van der Waals surface area contributed by atoms with Gasteiger partial charge in [-0.1, -0.05) is 6.07 Å².